The van der Waals surface area contributed by atoms with Gasteiger partial charge in [-0.2, -0.15) is 13.2 Å². The topological polar surface area (TPSA) is 37.3 Å². The lowest BCUT2D eigenvalue weighted by Gasteiger charge is -2.43. The molecule has 2 aliphatic rings. The smallest absolute Gasteiger partial charge is 0.398 e. The lowest BCUT2D eigenvalue weighted by molar-refractivity contribution is -0.218. The van der Waals surface area contributed by atoms with E-state index in [2.05, 4.69) is 0 Å². The zero-order valence-electron chi connectivity index (χ0n) is 11.4. The number of aliphatic carboxylic acids is 1. The molecule has 5 heteroatoms. The first-order chi connectivity index (χ1) is 9.25. The largest absolute Gasteiger partial charge is 0.478 e. The van der Waals surface area contributed by atoms with Crippen LogP contribution in [-0.2, 0) is 4.79 Å². The molecule has 0 heterocycles. The summed E-state index contributed by atoms with van der Waals surface area (Å²) in [6, 6.07) is 0. The maximum atomic E-state index is 13.5. The van der Waals surface area contributed by atoms with Crippen LogP contribution in [0.25, 0.3) is 0 Å². The molecule has 2 aliphatic carbocycles. The molecule has 0 saturated heterocycles. The molecule has 20 heavy (non-hydrogen) atoms. The van der Waals surface area contributed by atoms with Gasteiger partial charge in [-0.3, -0.25) is 0 Å². The van der Waals surface area contributed by atoms with Crippen LogP contribution in [0.2, 0.25) is 0 Å². The van der Waals surface area contributed by atoms with Gasteiger partial charge in [0.05, 0.1) is 11.0 Å². The predicted molar refractivity (Wildman–Crippen MR) is 69.1 cm³/mol. The van der Waals surface area contributed by atoms with Crippen LogP contribution in [0, 0.1) is 17.3 Å². The quantitative estimate of drug-likeness (QED) is 0.821. The van der Waals surface area contributed by atoms with E-state index in [1.54, 1.807) is 0 Å². The maximum Gasteiger partial charge on any atom is 0.398 e. The molecule has 1 fully saturated rings. The van der Waals surface area contributed by atoms with Gasteiger partial charge in [0.2, 0.25) is 0 Å². The summed E-state index contributed by atoms with van der Waals surface area (Å²) in [6.07, 6.45) is 3.81. The highest BCUT2D eigenvalue weighted by Gasteiger charge is 2.56. The van der Waals surface area contributed by atoms with Crippen LogP contribution in [0.5, 0.6) is 0 Å². The second-order valence-electron chi connectivity index (χ2n) is 5.97. The summed E-state index contributed by atoms with van der Waals surface area (Å²) in [6.45, 7) is 1.12. The van der Waals surface area contributed by atoms with Crippen LogP contribution in [0.15, 0.2) is 23.8 Å². The van der Waals surface area contributed by atoms with Gasteiger partial charge in [0.1, 0.15) is 0 Å². The molecule has 1 N–H and O–H groups in total. The van der Waals surface area contributed by atoms with Crippen LogP contribution < -0.4 is 0 Å². The maximum absolute atomic E-state index is 13.5. The Kier molecular flexibility index (Phi) is 3.98. The minimum absolute atomic E-state index is 0.0155. The number of carbonyl (C=O) groups is 1. The van der Waals surface area contributed by atoms with Crippen molar-refractivity contribution in [3.63, 3.8) is 0 Å². The molecule has 0 aromatic rings. The van der Waals surface area contributed by atoms with E-state index in [-0.39, 0.29) is 11.5 Å². The minimum Gasteiger partial charge on any atom is -0.478 e. The normalized spacial score (nSPS) is 32.0. The predicted octanol–water partition coefficient (Wildman–Crippen LogP) is 4.33. The number of carboxylic acids is 1. The SMILES string of the molecule is CC1(C(F)(F)F)C=C(C(=O)O)C=CC1C1CCCCC1. The van der Waals surface area contributed by atoms with E-state index >= 15 is 0 Å². The number of hydrogen-bond acceptors (Lipinski definition) is 1. The summed E-state index contributed by atoms with van der Waals surface area (Å²) in [5.41, 5.74) is -2.35. The van der Waals surface area contributed by atoms with Gasteiger partial charge < -0.3 is 5.11 Å². The molecule has 112 valence electrons. The van der Waals surface area contributed by atoms with Gasteiger partial charge in [-0.1, -0.05) is 37.5 Å². The molecule has 0 spiro atoms. The Balaban J connectivity index is 2.37. The Morgan fingerprint density at radius 1 is 1.30 bits per heavy atom. The van der Waals surface area contributed by atoms with Gasteiger partial charge in [-0.15, -0.1) is 0 Å². The molecule has 0 radical (unpaired) electrons. The van der Waals surface area contributed by atoms with Crippen LogP contribution in [0.4, 0.5) is 13.2 Å². The van der Waals surface area contributed by atoms with E-state index in [1.165, 1.54) is 12.2 Å². The zero-order valence-corrected chi connectivity index (χ0v) is 11.4. The molecular weight excluding hydrogens is 269 g/mol. The Labute approximate surface area is 116 Å². The monoisotopic (exact) mass is 288 g/mol. The van der Waals surface area contributed by atoms with Crippen LogP contribution in [0.1, 0.15) is 39.0 Å². The summed E-state index contributed by atoms with van der Waals surface area (Å²) in [5.74, 6) is -1.98. The fourth-order valence-electron chi connectivity index (χ4n) is 3.42. The Morgan fingerprint density at radius 3 is 2.40 bits per heavy atom. The molecule has 0 aromatic carbocycles. The highest BCUT2D eigenvalue weighted by atomic mass is 19.4. The molecule has 0 amide bonds. The highest BCUT2D eigenvalue weighted by Crippen LogP contribution is 2.53. The second kappa shape index (κ2) is 5.26. The van der Waals surface area contributed by atoms with Gasteiger partial charge in [0.15, 0.2) is 0 Å². The van der Waals surface area contributed by atoms with E-state index < -0.39 is 23.5 Å². The highest BCUT2D eigenvalue weighted by molar-refractivity contribution is 5.90. The Morgan fingerprint density at radius 2 is 1.90 bits per heavy atom. The van der Waals surface area contributed by atoms with Crippen molar-refractivity contribution in [1.82, 2.24) is 0 Å². The van der Waals surface area contributed by atoms with Crippen molar-refractivity contribution >= 4 is 5.97 Å². The van der Waals surface area contributed by atoms with Crippen molar-refractivity contribution in [3.8, 4) is 0 Å². The number of rotatable bonds is 2. The molecule has 2 atom stereocenters. The summed E-state index contributed by atoms with van der Waals surface area (Å²) < 4.78 is 40.5. The van der Waals surface area contributed by atoms with Gasteiger partial charge in [-0.05, 0) is 31.6 Å². The summed E-state index contributed by atoms with van der Waals surface area (Å²) in [7, 11) is 0. The van der Waals surface area contributed by atoms with E-state index in [4.69, 9.17) is 5.11 Å². The van der Waals surface area contributed by atoms with E-state index in [0.717, 1.165) is 45.1 Å². The van der Waals surface area contributed by atoms with Crippen molar-refractivity contribution in [2.45, 2.75) is 45.2 Å². The van der Waals surface area contributed by atoms with Crippen molar-refractivity contribution in [1.29, 1.82) is 0 Å². The van der Waals surface area contributed by atoms with Crippen LogP contribution in [0.3, 0.4) is 0 Å². The third-order valence-electron chi connectivity index (χ3n) is 4.65. The number of halogens is 3. The molecule has 2 rings (SSSR count). The zero-order chi connectivity index (χ0) is 15.0. The Hall–Kier alpha value is -1.26. The van der Waals surface area contributed by atoms with Gasteiger partial charge in [-0.25, -0.2) is 4.79 Å². The van der Waals surface area contributed by atoms with Gasteiger partial charge >= 0.3 is 12.1 Å². The number of carboxylic acid groups (broad SMARTS) is 1. The summed E-state index contributed by atoms with van der Waals surface area (Å²) >= 11 is 0. The first-order valence-electron chi connectivity index (χ1n) is 6.97. The third kappa shape index (κ3) is 2.63. The van der Waals surface area contributed by atoms with Gasteiger partial charge in [0.25, 0.3) is 0 Å². The van der Waals surface area contributed by atoms with Crippen molar-refractivity contribution < 1.29 is 23.1 Å². The first-order valence-corrected chi connectivity index (χ1v) is 6.97. The van der Waals surface area contributed by atoms with Crippen LogP contribution >= 0.6 is 0 Å². The van der Waals surface area contributed by atoms with E-state index in [0.29, 0.717) is 0 Å². The van der Waals surface area contributed by atoms with Crippen molar-refractivity contribution in [2.24, 2.45) is 17.3 Å². The molecule has 0 aliphatic heterocycles. The number of alkyl halides is 3. The molecule has 2 nitrogen and oxygen atoms in total. The van der Waals surface area contributed by atoms with Crippen molar-refractivity contribution in [3.05, 3.63) is 23.8 Å². The lowest BCUT2D eigenvalue weighted by atomic mass is 9.63. The average molecular weight is 288 g/mol. The second-order valence-corrected chi connectivity index (χ2v) is 5.97. The average Bonchev–Trinajstić information content (AvgIpc) is 2.38. The fraction of sp³-hybridized carbons (Fsp3) is 0.667. The minimum atomic E-state index is -4.44. The van der Waals surface area contributed by atoms with Crippen LogP contribution in [-0.4, -0.2) is 17.3 Å². The summed E-state index contributed by atoms with van der Waals surface area (Å²) in [5, 5.41) is 8.95. The number of allylic oxidation sites excluding steroid dienone is 2. The first kappa shape index (κ1) is 15.1. The summed E-state index contributed by atoms with van der Waals surface area (Å²) in [4.78, 5) is 11.0. The molecule has 0 aromatic heterocycles. The third-order valence-corrected chi connectivity index (χ3v) is 4.65. The Bertz CT molecular complexity index is 445. The molecular formula is C15H19F3O2. The molecule has 1 saturated carbocycles. The lowest BCUT2D eigenvalue weighted by Crippen LogP contribution is -2.44. The molecule has 2 unspecified atom stereocenters. The van der Waals surface area contributed by atoms with E-state index in [9.17, 15) is 18.0 Å². The fourth-order valence-corrected chi connectivity index (χ4v) is 3.42. The van der Waals surface area contributed by atoms with E-state index in [1.807, 2.05) is 0 Å². The van der Waals surface area contributed by atoms with Gasteiger partial charge in [0, 0.05) is 0 Å². The van der Waals surface area contributed by atoms with Crippen molar-refractivity contribution in [2.75, 3.05) is 0 Å². The standard InChI is InChI=1S/C15H19F3O2/c1-14(15(16,17)18)9-11(13(19)20)7-8-12(14)10-5-3-2-4-6-10/h7-10,12H,2-6H2,1H3,(H,19,20). The number of hydrogen-bond donors (Lipinski definition) is 1. The molecule has 0 bridgehead atoms.